The normalized spacial score (nSPS) is 11.6. The number of anilines is 1. The standard InChI is InChI=1S/C13H11Cl2FN2O2S/c14-11-5-10(17)6-12(15)13(11)21(19,20)18-7-8-2-1-3-9(16)4-8/h1-6,18H,7,17H2. The van der Waals surface area contributed by atoms with Crippen LogP contribution in [0.3, 0.4) is 0 Å². The predicted octanol–water partition coefficient (Wildman–Crippen LogP) is 3.19. The number of hydrogen-bond acceptors (Lipinski definition) is 3. The largest absolute Gasteiger partial charge is 0.399 e. The lowest BCUT2D eigenvalue weighted by molar-refractivity contribution is 0.580. The first kappa shape index (κ1) is 16.0. The zero-order chi connectivity index (χ0) is 15.6. The number of nitrogen functional groups attached to an aromatic ring is 1. The molecule has 0 aliphatic heterocycles. The van der Waals surface area contributed by atoms with Gasteiger partial charge in [0, 0.05) is 12.2 Å². The molecule has 3 N–H and O–H groups in total. The Bertz CT molecular complexity index is 758. The Hall–Kier alpha value is -1.34. The van der Waals surface area contributed by atoms with E-state index < -0.39 is 15.8 Å². The number of halogens is 3. The molecule has 2 rings (SSSR count). The average molecular weight is 349 g/mol. The van der Waals surface area contributed by atoms with Crippen molar-refractivity contribution in [3.63, 3.8) is 0 Å². The molecule has 0 aliphatic carbocycles. The minimum atomic E-state index is -3.94. The van der Waals surface area contributed by atoms with Crippen LogP contribution in [-0.2, 0) is 16.6 Å². The fraction of sp³-hybridized carbons (Fsp3) is 0.0769. The minimum absolute atomic E-state index is 0.0771. The number of benzene rings is 2. The maximum atomic E-state index is 13.0. The van der Waals surface area contributed by atoms with E-state index in [9.17, 15) is 12.8 Å². The van der Waals surface area contributed by atoms with Crippen LogP contribution in [0.2, 0.25) is 10.0 Å². The number of sulfonamides is 1. The molecule has 0 saturated heterocycles. The van der Waals surface area contributed by atoms with Gasteiger partial charge in [-0.1, -0.05) is 35.3 Å². The first-order valence-electron chi connectivity index (χ1n) is 5.78. The van der Waals surface area contributed by atoms with Crippen molar-refractivity contribution in [3.8, 4) is 0 Å². The second-order valence-electron chi connectivity index (χ2n) is 4.27. The van der Waals surface area contributed by atoms with E-state index in [0.29, 0.717) is 5.56 Å². The third-order valence-electron chi connectivity index (χ3n) is 2.64. The summed E-state index contributed by atoms with van der Waals surface area (Å²) in [6, 6.07) is 8.18. The van der Waals surface area contributed by atoms with Gasteiger partial charge in [0.1, 0.15) is 10.7 Å². The lowest BCUT2D eigenvalue weighted by atomic mass is 10.2. The fourth-order valence-corrected chi connectivity index (χ4v) is 3.98. The van der Waals surface area contributed by atoms with Gasteiger partial charge in [-0.15, -0.1) is 0 Å². The summed E-state index contributed by atoms with van der Waals surface area (Å²) in [5.41, 5.74) is 6.26. The van der Waals surface area contributed by atoms with Gasteiger partial charge in [0.25, 0.3) is 0 Å². The smallest absolute Gasteiger partial charge is 0.243 e. The van der Waals surface area contributed by atoms with Gasteiger partial charge >= 0.3 is 0 Å². The van der Waals surface area contributed by atoms with E-state index in [0.717, 1.165) is 0 Å². The highest BCUT2D eigenvalue weighted by Crippen LogP contribution is 2.31. The molecule has 2 aromatic carbocycles. The topological polar surface area (TPSA) is 72.2 Å². The molecule has 0 radical (unpaired) electrons. The SMILES string of the molecule is Nc1cc(Cl)c(S(=O)(=O)NCc2cccc(F)c2)c(Cl)c1. The van der Waals surface area contributed by atoms with E-state index in [2.05, 4.69) is 4.72 Å². The van der Waals surface area contributed by atoms with Crippen LogP contribution < -0.4 is 10.5 Å². The molecule has 0 spiro atoms. The van der Waals surface area contributed by atoms with E-state index >= 15 is 0 Å². The predicted molar refractivity (Wildman–Crippen MR) is 81.3 cm³/mol. The number of hydrogen-bond donors (Lipinski definition) is 2. The van der Waals surface area contributed by atoms with Crippen molar-refractivity contribution >= 4 is 38.9 Å². The van der Waals surface area contributed by atoms with Gasteiger partial charge in [0.15, 0.2) is 0 Å². The maximum Gasteiger partial charge on any atom is 0.243 e. The Balaban J connectivity index is 2.27. The first-order chi connectivity index (χ1) is 9.79. The zero-order valence-electron chi connectivity index (χ0n) is 10.6. The Morgan fingerprint density at radius 2 is 1.76 bits per heavy atom. The monoisotopic (exact) mass is 348 g/mol. The van der Waals surface area contributed by atoms with Crippen LogP contribution in [0.5, 0.6) is 0 Å². The highest BCUT2D eigenvalue weighted by Gasteiger charge is 2.22. The Labute approximate surface area is 131 Å². The molecule has 4 nitrogen and oxygen atoms in total. The van der Waals surface area contributed by atoms with Crippen molar-refractivity contribution in [2.24, 2.45) is 0 Å². The zero-order valence-corrected chi connectivity index (χ0v) is 12.9. The van der Waals surface area contributed by atoms with E-state index in [-0.39, 0.29) is 27.2 Å². The molecular formula is C13H11Cl2FN2O2S. The highest BCUT2D eigenvalue weighted by atomic mass is 35.5. The molecule has 0 unspecified atom stereocenters. The summed E-state index contributed by atoms with van der Waals surface area (Å²) in [4.78, 5) is -0.253. The van der Waals surface area contributed by atoms with Gasteiger partial charge < -0.3 is 5.73 Å². The van der Waals surface area contributed by atoms with Crippen molar-refractivity contribution in [2.75, 3.05) is 5.73 Å². The van der Waals surface area contributed by atoms with Crippen molar-refractivity contribution < 1.29 is 12.8 Å². The molecule has 0 aliphatic rings. The van der Waals surface area contributed by atoms with E-state index in [1.807, 2.05) is 0 Å². The molecule has 0 aromatic heterocycles. The lowest BCUT2D eigenvalue weighted by Gasteiger charge is -2.11. The Morgan fingerprint density at radius 3 is 2.33 bits per heavy atom. The third kappa shape index (κ3) is 3.85. The summed E-state index contributed by atoms with van der Waals surface area (Å²) in [7, 11) is -3.94. The van der Waals surface area contributed by atoms with Gasteiger partial charge in [0.05, 0.1) is 10.0 Å². The van der Waals surface area contributed by atoms with Gasteiger partial charge in [-0.3, -0.25) is 0 Å². The first-order valence-corrected chi connectivity index (χ1v) is 8.02. The summed E-state index contributed by atoms with van der Waals surface area (Å²) < 4.78 is 39.8. The van der Waals surface area contributed by atoms with Crippen LogP contribution in [0.15, 0.2) is 41.3 Å². The second kappa shape index (κ2) is 6.19. The second-order valence-corrected chi connectivity index (χ2v) is 6.79. The molecule has 0 heterocycles. The van der Waals surface area contributed by atoms with E-state index in [1.54, 1.807) is 6.07 Å². The summed E-state index contributed by atoms with van der Waals surface area (Å²) in [6.45, 7) is -0.0862. The van der Waals surface area contributed by atoms with Gasteiger partial charge in [-0.25, -0.2) is 17.5 Å². The molecule has 112 valence electrons. The molecule has 0 bridgehead atoms. The fourth-order valence-electron chi connectivity index (χ4n) is 1.73. The van der Waals surface area contributed by atoms with Crippen molar-refractivity contribution in [2.45, 2.75) is 11.4 Å². The molecule has 8 heteroatoms. The van der Waals surface area contributed by atoms with Crippen molar-refractivity contribution in [1.82, 2.24) is 4.72 Å². The minimum Gasteiger partial charge on any atom is -0.399 e. The summed E-state index contributed by atoms with van der Waals surface area (Å²) >= 11 is 11.8. The van der Waals surface area contributed by atoms with Gasteiger partial charge in [-0.05, 0) is 29.8 Å². The number of nitrogens with two attached hydrogens (primary N) is 1. The molecule has 0 saturated carbocycles. The van der Waals surface area contributed by atoms with Crippen LogP contribution >= 0.6 is 23.2 Å². The number of nitrogens with one attached hydrogen (secondary N) is 1. The van der Waals surface area contributed by atoms with Crippen LogP contribution in [0.25, 0.3) is 0 Å². The van der Waals surface area contributed by atoms with E-state index in [4.69, 9.17) is 28.9 Å². The van der Waals surface area contributed by atoms with Gasteiger partial charge in [0.2, 0.25) is 10.0 Å². The maximum absolute atomic E-state index is 13.0. The van der Waals surface area contributed by atoms with Crippen molar-refractivity contribution in [3.05, 3.63) is 57.8 Å². The van der Waals surface area contributed by atoms with Crippen LogP contribution in [0.4, 0.5) is 10.1 Å². The third-order valence-corrected chi connectivity index (χ3v) is 4.97. The summed E-state index contributed by atoms with van der Waals surface area (Å²) in [5.74, 6) is -0.449. The summed E-state index contributed by atoms with van der Waals surface area (Å²) in [6.07, 6.45) is 0. The molecule has 0 atom stereocenters. The average Bonchev–Trinajstić information content (AvgIpc) is 2.35. The van der Waals surface area contributed by atoms with E-state index in [1.165, 1.54) is 30.3 Å². The quantitative estimate of drug-likeness (QED) is 0.833. The van der Waals surface area contributed by atoms with Crippen LogP contribution in [0, 0.1) is 5.82 Å². The van der Waals surface area contributed by atoms with Gasteiger partial charge in [-0.2, -0.15) is 0 Å². The Morgan fingerprint density at radius 1 is 1.14 bits per heavy atom. The molecular weight excluding hydrogens is 338 g/mol. The Kier molecular flexibility index (Phi) is 4.73. The van der Waals surface area contributed by atoms with Crippen LogP contribution in [-0.4, -0.2) is 8.42 Å². The molecule has 2 aromatic rings. The number of rotatable bonds is 4. The lowest BCUT2D eigenvalue weighted by Crippen LogP contribution is -2.24. The van der Waals surface area contributed by atoms with Crippen LogP contribution in [0.1, 0.15) is 5.56 Å². The molecule has 0 amide bonds. The summed E-state index contributed by atoms with van der Waals surface area (Å²) in [5, 5.41) is -0.154. The highest BCUT2D eigenvalue weighted by molar-refractivity contribution is 7.89. The molecule has 21 heavy (non-hydrogen) atoms. The molecule has 0 fully saturated rings. The van der Waals surface area contributed by atoms with Crippen molar-refractivity contribution in [1.29, 1.82) is 0 Å².